The van der Waals surface area contributed by atoms with Crippen molar-refractivity contribution in [2.75, 3.05) is 11.5 Å². The van der Waals surface area contributed by atoms with Crippen LogP contribution in [0.2, 0.25) is 0 Å². The third-order valence-electron chi connectivity index (χ3n) is 4.79. The average molecular weight is 427 g/mol. The van der Waals surface area contributed by atoms with Crippen molar-refractivity contribution in [1.82, 2.24) is 0 Å². The summed E-state index contributed by atoms with van der Waals surface area (Å²) in [6, 6.07) is 12.3. The number of alkyl halides is 3. The fraction of sp³-hybridized carbons (Fsp3) is 0.381. The van der Waals surface area contributed by atoms with Gasteiger partial charge in [0.15, 0.2) is 5.60 Å². The Morgan fingerprint density at radius 3 is 2.28 bits per heavy atom. The number of hydrogen-bond donors (Lipinski definition) is 3. The number of nitrogens with two attached hydrogens (primary N) is 1. The van der Waals surface area contributed by atoms with Crippen molar-refractivity contribution in [2.45, 2.75) is 37.6 Å². The molecule has 0 aromatic heterocycles. The quantitative estimate of drug-likeness (QED) is 0.519. The van der Waals surface area contributed by atoms with Gasteiger partial charge in [0.1, 0.15) is 6.04 Å². The van der Waals surface area contributed by atoms with Crippen molar-refractivity contribution in [3.8, 4) is 11.1 Å². The van der Waals surface area contributed by atoms with Gasteiger partial charge in [0.05, 0.1) is 0 Å². The predicted octanol–water partition coefficient (Wildman–Crippen LogP) is 4.34. The highest BCUT2D eigenvalue weighted by molar-refractivity contribution is 7.99. The fourth-order valence-corrected chi connectivity index (χ4v) is 3.99. The molecule has 0 saturated carbocycles. The van der Waals surface area contributed by atoms with Gasteiger partial charge in [-0.2, -0.15) is 24.9 Å². The molecular weight excluding hydrogens is 403 g/mol. The van der Waals surface area contributed by atoms with E-state index in [4.69, 9.17) is 10.8 Å². The largest absolute Gasteiger partial charge is 0.480 e. The van der Waals surface area contributed by atoms with Crippen LogP contribution in [0.5, 0.6) is 0 Å². The molecule has 2 aromatic carbocycles. The van der Waals surface area contributed by atoms with Crippen LogP contribution < -0.4 is 5.73 Å². The molecule has 4 nitrogen and oxygen atoms in total. The molecule has 29 heavy (non-hydrogen) atoms. The number of aliphatic carboxylic acids is 1. The van der Waals surface area contributed by atoms with Crippen LogP contribution in [-0.4, -0.2) is 39.9 Å². The van der Waals surface area contributed by atoms with E-state index in [1.54, 1.807) is 12.1 Å². The first-order chi connectivity index (χ1) is 13.6. The van der Waals surface area contributed by atoms with Gasteiger partial charge in [0.25, 0.3) is 0 Å². The Balaban J connectivity index is 2.11. The minimum atomic E-state index is -4.84. The molecule has 0 radical (unpaired) electrons. The second-order valence-electron chi connectivity index (χ2n) is 6.85. The Bertz CT molecular complexity index is 827. The smallest absolute Gasteiger partial charge is 0.421 e. The summed E-state index contributed by atoms with van der Waals surface area (Å²) >= 11 is 1.14. The van der Waals surface area contributed by atoms with Gasteiger partial charge in [-0.1, -0.05) is 48.5 Å². The maximum Gasteiger partial charge on any atom is 0.421 e. The molecule has 158 valence electrons. The van der Waals surface area contributed by atoms with Crippen molar-refractivity contribution < 1.29 is 28.2 Å². The second kappa shape index (κ2) is 9.65. The Labute approximate surface area is 171 Å². The summed E-state index contributed by atoms with van der Waals surface area (Å²) in [6.07, 6.45) is -5.22. The topological polar surface area (TPSA) is 83.5 Å². The van der Waals surface area contributed by atoms with Crippen LogP contribution in [0.15, 0.2) is 48.5 Å². The highest BCUT2D eigenvalue weighted by atomic mass is 32.2. The molecule has 0 spiro atoms. The SMILES string of the molecule is Cc1ccccc1-c1ccc(C(O)(CCSCCC(N)C(=O)O)C(F)(F)F)cc1. The standard InChI is InChI=1S/C21H24F3NO3S/c1-14-4-2-3-5-17(14)15-6-8-16(9-7-15)20(28,21(22,23)24)11-13-29-12-10-18(25)19(26)27/h2-9,18,28H,10-13,25H2,1H3,(H,26,27). The number of rotatable bonds is 9. The summed E-state index contributed by atoms with van der Waals surface area (Å²) in [5.41, 5.74) is 4.88. The van der Waals surface area contributed by atoms with Gasteiger partial charge in [0, 0.05) is 0 Å². The molecular formula is C21H24F3NO3S. The summed E-state index contributed by atoms with van der Waals surface area (Å²) in [7, 11) is 0. The zero-order valence-electron chi connectivity index (χ0n) is 15.9. The number of hydrogen-bond acceptors (Lipinski definition) is 4. The zero-order valence-corrected chi connectivity index (χ0v) is 16.8. The molecule has 0 fully saturated rings. The number of aryl methyl sites for hydroxylation is 1. The highest BCUT2D eigenvalue weighted by Crippen LogP contribution is 2.42. The van der Waals surface area contributed by atoms with Gasteiger partial charge in [-0.15, -0.1) is 0 Å². The minimum Gasteiger partial charge on any atom is -0.480 e. The van der Waals surface area contributed by atoms with Gasteiger partial charge in [-0.05, 0) is 53.5 Å². The molecule has 0 aliphatic heterocycles. The van der Waals surface area contributed by atoms with E-state index in [2.05, 4.69) is 0 Å². The maximum absolute atomic E-state index is 13.7. The summed E-state index contributed by atoms with van der Waals surface area (Å²) < 4.78 is 41.0. The lowest BCUT2D eigenvalue weighted by atomic mass is 9.88. The molecule has 4 N–H and O–H groups in total. The first-order valence-electron chi connectivity index (χ1n) is 9.08. The van der Waals surface area contributed by atoms with E-state index in [0.29, 0.717) is 5.75 Å². The normalized spacial score (nSPS) is 15.0. The van der Waals surface area contributed by atoms with E-state index in [1.807, 2.05) is 31.2 Å². The zero-order chi connectivity index (χ0) is 21.7. The van der Waals surface area contributed by atoms with E-state index in [0.717, 1.165) is 28.5 Å². The van der Waals surface area contributed by atoms with Crippen LogP contribution in [0, 0.1) is 6.92 Å². The lowest BCUT2D eigenvalue weighted by Gasteiger charge is -2.31. The molecule has 0 aliphatic rings. The number of thioether (sulfide) groups is 1. The van der Waals surface area contributed by atoms with Crippen molar-refractivity contribution in [1.29, 1.82) is 0 Å². The Morgan fingerprint density at radius 2 is 1.72 bits per heavy atom. The third kappa shape index (κ3) is 5.74. The predicted molar refractivity (Wildman–Crippen MR) is 109 cm³/mol. The van der Waals surface area contributed by atoms with Crippen molar-refractivity contribution in [2.24, 2.45) is 5.73 Å². The molecule has 2 rings (SSSR count). The third-order valence-corrected chi connectivity index (χ3v) is 5.80. The summed E-state index contributed by atoms with van der Waals surface area (Å²) in [6.45, 7) is 1.92. The molecule has 0 saturated heterocycles. The van der Waals surface area contributed by atoms with Crippen molar-refractivity contribution in [3.05, 3.63) is 59.7 Å². The number of carboxylic acids is 1. The van der Waals surface area contributed by atoms with Crippen molar-refractivity contribution >= 4 is 17.7 Å². The molecule has 0 amide bonds. The highest BCUT2D eigenvalue weighted by Gasteiger charge is 2.54. The van der Waals surface area contributed by atoms with Gasteiger partial charge in [-0.3, -0.25) is 4.79 Å². The van der Waals surface area contributed by atoms with Gasteiger partial charge in [0.2, 0.25) is 0 Å². The van der Waals surface area contributed by atoms with Crippen LogP contribution in [-0.2, 0) is 10.4 Å². The van der Waals surface area contributed by atoms with Crippen LogP contribution >= 0.6 is 11.8 Å². The number of carbonyl (C=O) groups is 1. The van der Waals surface area contributed by atoms with E-state index in [1.165, 1.54) is 12.1 Å². The Kier molecular flexibility index (Phi) is 7.73. The molecule has 2 atom stereocenters. The number of benzene rings is 2. The van der Waals surface area contributed by atoms with E-state index in [-0.39, 0.29) is 17.7 Å². The molecule has 0 aliphatic carbocycles. The maximum atomic E-state index is 13.7. The number of halogens is 3. The average Bonchev–Trinajstić information content (AvgIpc) is 2.67. The molecule has 2 unspecified atom stereocenters. The lowest BCUT2D eigenvalue weighted by Crippen LogP contribution is -2.42. The van der Waals surface area contributed by atoms with Crippen LogP contribution in [0.4, 0.5) is 13.2 Å². The van der Waals surface area contributed by atoms with Gasteiger partial charge >= 0.3 is 12.1 Å². The molecule has 2 aromatic rings. The van der Waals surface area contributed by atoms with Crippen LogP contribution in [0.3, 0.4) is 0 Å². The van der Waals surface area contributed by atoms with Gasteiger partial charge in [-0.25, -0.2) is 0 Å². The summed E-state index contributed by atoms with van der Waals surface area (Å²) in [5, 5.41) is 19.2. The first-order valence-corrected chi connectivity index (χ1v) is 10.2. The first kappa shape index (κ1) is 23.3. The number of aliphatic hydroxyl groups is 1. The van der Waals surface area contributed by atoms with E-state index in [9.17, 15) is 23.1 Å². The van der Waals surface area contributed by atoms with Crippen LogP contribution in [0.1, 0.15) is 24.0 Å². The van der Waals surface area contributed by atoms with Crippen molar-refractivity contribution in [3.63, 3.8) is 0 Å². The van der Waals surface area contributed by atoms with Gasteiger partial charge < -0.3 is 15.9 Å². The van der Waals surface area contributed by atoms with E-state index < -0.39 is 30.2 Å². The minimum absolute atomic E-state index is 0.0158. The molecule has 0 bridgehead atoms. The lowest BCUT2D eigenvalue weighted by molar-refractivity contribution is -0.267. The Hall–Kier alpha value is -2.03. The van der Waals surface area contributed by atoms with Crippen LogP contribution in [0.25, 0.3) is 11.1 Å². The monoisotopic (exact) mass is 427 g/mol. The fourth-order valence-electron chi connectivity index (χ4n) is 2.93. The molecule has 8 heteroatoms. The number of carboxylic acid groups (broad SMARTS) is 1. The van der Waals surface area contributed by atoms with E-state index >= 15 is 0 Å². The summed E-state index contributed by atoms with van der Waals surface area (Å²) in [4.78, 5) is 10.7. The second-order valence-corrected chi connectivity index (χ2v) is 8.07. The summed E-state index contributed by atoms with van der Waals surface area (Å²) in [5.74, 6) is -0.832. The molecule has 0 heterocycles. The Morgan fingerprint density at radius 1 is 1.10 bits per heavy atom.